The molecule has 1 fully saturated rings. The fourth-order valence-corrected chi connectivity index (χ4v) is 4.38. The number of nitrogens with zero attached hydrogens (tertiary/aromatic N) is 2. The minimum atomic E-state index is 0.0193. The van der Waals surface area contributed by atoms with E-state index in [9.17, 15) is 5.21 Å². The van der Waals surface area contributed by atoms with Gasteiger partial charge >= 0.3 is 0 Å². The van der Waals surface area contributed by atoms with E-state index in [1.54, 1.807) is 12.3 Å². The highest BCUT2D eigenvalue weighted by Gasteiger charge is 2.32. The second kappa shape index (κ2) is 9.47. The normalized spacial score (nSPS) is 21.4. The lowest BCUT2D eigenvalue weighted by Gasteiger charge is -2.37. The average molecular weight is 412 g/mol. The zero-order valence-corrected chi connectivity index (χ0v) is 18.6. The third-order valence-electron chi connectivity index (χ3n) is 5.23. The molecule has 1 aliphatic carbocycles. The summed E-state index contributed by atoms with van der Waals surface area (Å²) in [5, 5.41) is 9.88. The zero-order valence-electron chi connectivity index (χ0n) is 18.6. The van der Waals surface area contributed by atoms with Gasteiger partial charge in [-0.05, 0) is 68.7 Å². The molecule has 162 valence electrons. The quantitative estimate of drug-likeness (QED) is 0.367. The summed E-state index contributed by atoms with van der Waals surface area (Å²) in [6.07, 6.45) is 4.84. The van der Waals surface area contributed by atoms with Gasteiger partial charge in [0.15, 0.2) is 17.3 Å². The van der Waals surface area contributed by atoms with Crippen LogP contribution in [0.2, 0.25) is 0 Å². The van der Waals surface area contributed by atoms with Crippen LogP contribution in [0.15, 0.2) is 47.6 Å². The van der Waals surface area contributed by atoms with E-state index in [1.165, 1.54) is 6.42 Å². The van der Waals surface area contributed by atoms with Gasteiger partial charge in [-0.15, -0.1) is 0 Å². The van der Waals surface area contributed by atoms with Crippen LogP contribution in [0.3, 0.4) is 0 Å². The predicted octanol–water partition coefficient (Wildman–Crippen LogP) is 5.60. The highest BCUT2D eigenvalue weighted by atomic mass is 16.5. The monoisotopic (exact) mass is 411 g/mol. The van der Waals surface area contributed by atoms with Crippen molar-refractivity contribution < 1.29 is 14.7 Å². The number of aromatic nitrogens is 1. The smallest absolute Gasteiger partial charge is 0.230 e. The second-order valence-electron chi connectivity index (χ2n) is 9.23. The Morgan fingerprint density at radius 1 is 1.17 bits per heavy atom. The fraction of sp³-hybridized carbons (Fsp3) is 0.500. The summed E-state index contributed by atoms with van der Waals surface area (Å²) >= 11 is 0. The average Bonchev–Trinajstić information content (AvgIpc) is 2.66. The van der Waals surface area contributed by atoms with Crippen LogP contribution in [-0.2, 0) is 0 Å². The second-order valence-corrected chi connectivity index (χ2v) is 9.23. The van der Waals surface area contributed by atoms with E-state index in [2.05, 4.69) is 31.2 Å². The number of hydrogen-bond donors (Lipinski definition) is 2. The predicted molar refractivity (Wildman–Crippen MR) is 119 cm³/mol. The van der Waals surface area contributed by atoms with Gasteiger partial charge in [0.25, 0.3) is 0 Å². The van der Waals surface area contributed by atoms with Crippen molar-refractivity contribution in [2.24, 2.45) is 16.3 Å². The molecule has 1 aromatic carbocycles. The van der Waals surface area contributed by atoms with E-state index in [0.29, 0.717) is 34.7 Å². The van der Waals surface area contributed by atoms with Gasteiger partial charge in [-0.1, -0.05) is 32.9 Å². The van der Waals surface area contributed by atoms with Gasteiger partial charge in [0, 0.05) is 6.20 Å². The van der Waals surface area contributed by atoms with E-state index >= 15 is 0 Å². The van der Waals surface area contributed by atoms with Gasteiger partial charge in [0.2, 0.25) is 5.88 Å². The van der Waals surface area contributed by atoms with Gasteiger partial charge in [-0.25, -0.2) is 4.98 Å². The highest BCUT2D eigenvalue weighted by molar-refractivity contribution is 6.00. The number of amidine groups is 1. The van der Waals surface area contributed by atoms with Crippen molar-refractivity contribution in [3.8, 4) is 17.4 Å². The Bertz CT molecular complexity index is 880. The molecular weight excluding hydrogens is 378 g/mol. The Labute approximate surface area is 179 Å². The molecule has 0 amide bonds. The number of rotatable bonds is 6. The van der Waals surface area contributed by atoms with Crippen molar-refractivity contribution in [1.82, 2.24) is 10.5 Å². The molecule has 0 saturated heterocycles. The van der Waals surface area contributed by atoms with Crippen LogP contribution < -0.4 is 15.0 Å². The standard InChI is InChI=1S/C24H33N3O3/c1-16(2)29-20-10-6-7-11-21(20)30-23-19(9-8-12-25-23)22(27-28)26-18-13-17(3)14-24(4,5)15-18/h6-12,16-18,28H,13-15H2,1-5H3,(H,26,27). The molecule has 2 aromatic rings. The molecule has 2 atom stereocenters. The van der Waals surface area contributed by atoms with Crippen molar-refractivity contribution in [3.63, 3.8) is 0 Å². The first-order valence-electron chi connectivity index (χ1n) is 10.6. The Morgan fingerprint density at radius 2 is 1.90 bits per heavy atom. The van der Waals surface area contributed by atoms with E-state index in [1.807, 2.05) is 44.2 Å². The molecule has 1 aliphatic rings. The lowest BCUT2D eigenvalue weighted by atomic mass is 9.71. The molecular formula is C24H33N3O3. The van der Waals surface area contributed by atoms with Crippen LogP contribution in [0.4, 0.5) is 0 Å². The zero-order chi connectivity index (χ0) is 21.7. The van der Waals surface area contributed by atoms with Gasteiger partial charge in [-0.3, -0.25) is 15.7 Å². The number of aliphatic imine (C=N–C) groups is 1. The summed E-state index contributed by atoms with van der Waals surface area (Å²) in [4.78, 5) is 9.24. The van der Waals surface area contributed by atoms with Crippen molar-refractivity contribution in [3.05, 3.63) is 48.2 Å². The van der Waals surface area contributed by atoms with E-state index in [4.69, 9.17) is 14.5 Å². The summed E-state index contributed by atoms with van der Waals surface area (Å²) in [6.45, 7) is 10.8. The number of hydroxylamine groups is 1. The maximum atomic E-state index is 9.88. The van der Waals surface area contributed by atoms with Crippen LogP contribution in [-0.4, -0.2) is 28.2 Å². The maximum absolute atomic E-state index is 9.88. The molecule has 1 heterocycles. The van der Waals surface area contributed by atoms with Crippen LogP contribution in [0.5, 0.6) is 17.4 Å². The summed E-state index contributed by atoms with van der Waals surface area (Å²) in [5.41, 5.74) is 3.12. The molecule has 6 heteroatoms. The SMILES string of the molecule is CC1CC(N=C(NO)c2cccnc2Oc2ccccc2OC(C)C)CC(C)(C)C1. The molecule has 6 nitrogen and oxygen atoms in total. The molecule has 1 aromatic heterocycles. The third kappa shape index (κ3) is 5.72. The Balaban J connectivity index is 1.91. The first kappa shape index (κ1) is 22.1. The Hall–Kier alpha value is -2.60. The Kier molecular flexibility index (Phi) is 6.98. The van der Waals surface area contributed by atoms with Gasteiger partial charge in [-0.2, -0.15) is 0 Å². The molecule has 2 N–H and O–H groups in total. The number of ether oxygens (including phenoxy) is 2. The first-order chi connectivity index (χ1) is 14.3. The number of para-hydroxylation sites is 2. The number of hydrogen-bond acceptors (Lipinski definition) is 5. The summed E-state index contributed by atoms with van der Waals surface area (Å²) in [6, 6.07) is 11.3. The van der Waals surface area contributed by atoms with Gasteiger partial charge < -0.3 is 9.47 Å². The summed E-state index contributed by atoms with van der Waals surface area (Å²) < 4.78 is 12.0. The van der Waals surface area contributed by atoms with Gasteiger partial charge in [0.05, 0.1) is 17.7 Å². The molecule has 0 bridgehead atoms. The number of nitrogens with one attached hydrogen (secondary N) is 1. The minimum Gasteiger partial charge on any atom is -0.487 e. The Morgan fingerprint density at radius 3 is 2.57 bits per heavy atom. The largest absolute Gasteiger partial charge is 0.487 e. The van der Waals surface area contributed by atoms with Crippen molar-refractivity contribution in [1.29, 1.82) is 0 Å². The lowest BCUT2D eigenvalue weighted by Crippen LogP contribution is -2.32. The lowest BCUT2D eigenvalue weighted by molar-refractivity contribution is 0.169. The molecule has 30 heavy (non-hydrogen) atoms. The number of pyridine rings is 1. The minimum absolute atomic E-state index is 0.0193. The molecule has 2 unspecified atom stereocenters. The molecule has 0 aliphatic heterocycles. The molecule has 0 spiro atoms. The fourth-order valence-electron chi connectivity index (χ4n) is 4.38. The van der Waals surface area contributed by atoms with Crippen LogP contribution in [0.25, 0.3) is 0 Å². The first-order valence-corrected chi connectivity index (χ1v) is 10.6. The van der Waals surface area contributed by atoms with E-state index in [0.717, 1.165) is 12.8 Å². The summed E-state index contributed by atoms with van der Waals surface area (Å²) in [7, 11) is 0. The van der Waals surface area contributed by atoms with Gasteiger partial charge in [0.1, 0.15) is 0 Å². The molecule has 0 radical (unpaired) electrons. The van der Waals surface area contributed by atoms with E-state index < -0.39 is 0 Å². The maximum Gasteiger partial charge on any atom is 0.230 e. The van der Waals surface area contributed by atoms with E-state index in [-0.39, 0.29) is 17.6 Å². The molecule has 3 rings (SSSR count). The molecule has 1 saturated carbocycles. The van der Waals surface area contributed by atoms with Crippen molar-refractivity contribution in [2.45, 2.75) is 66.0 Å². The summed E-state index contributed by atoms with van der Waals surface area (Å²) in [5.74, 6) is 2.53. The van der Waals surface area contributed by atoms with Crippen molar-refractivity contribution >= 4 is 5.84 Å². The topological polar surface area (TPSA) is 76.0 Å². The highest BCUT2D eigenvalue weighted by Crippen LogP contribution is 2.40. The van der Waals surface area contributed by atoms with Crippen molar-refractivity contribution in [2.75, 3.05) is 0 Å². The third-order valence-corrected chi connectivity index (χ3v) is 5.23. The van der Waals surface area contributed by atoms with Crippen LogP contribution in [0.1, 0.15) is 59.4 Å². The van der Waals surface area contributed by atoms with Crippen LogP contribution >= 0.6 is 0 Å². The van der Waals surface area contributed by atoms with Crippen LogP contribution in [0, 0.1) is 11.3 Å². The number of benzene rings is 1.